The molecule has 0 bridgehead atoms. The molecule has 3 rings (SSSR count). The highest BCUT2D eigenvalue weighted by Crippen LogP contribution is 2.28. The minimum absolute atomic E-state index is 0.0353. The van der Waals surface area contributed by atoms with Gasteiger partial charge in [0.15, 0.2) is 5.76 Å². The lowest BCUT2D eigenvalue weighted by molar-refractivity contribution is -0.138. The third-order valence-electron chi connectivity index (χ3n) is 3.09. The Balaban J connectivity index is 1.70. The maximum atomic E-state index is 10.8. The molecule has 6 nitrogen and oxygen atoms in total. The Hall–Kier alpha value is -2.08. The molecule has 0 radical (unpaired) electrons. The number of carboxylic acid groups (broad SMARTS) is 1. The van der Waals surface area contributed by atoms with E-state index in [9.17, 15) is 4.79 Å². The van der Waals surface area contributed by atoms with Gasteiger partial charge in [-0.2, -0.15) is 0 Å². The summed E-state index contributed by atoms with van der Waals surface area (Å²) in [6, 6.07) is 5.72. The highest BCUT2D eigenvalue weighted by Gasteiger charge is 2.31. The van der Waals surface area contributed by atoms with Gasteiger partial charge in [0.2, 0.25) is 5.76 Å². The number of furan rings is 1. The fourth-order valence-electron chi connectivity index (χ4n) is 2.06. The predicted octanol–water partition coefficient (Wildman–Crippen LogP) is 1.98. The van der Waals surface area contributed by atoms with E-state index < -0.39 is 5.97 Å². The van der Waals surface area contributed by atoms with E-state index in [1.807, 2.05) is 4.90 Å². The molecule has 0 saturated heterocycles. The number of hydrogen-bond donors (Lipinski definition) is 1. The molecule has 6 heteroatoms. The van der Waals surface area contributed by atoms with Crippen LogP contribution in [0.15, 0.2) is 33.4 Å². The number of aliphatic carboxylic acids is 1. The highest BCUT2D eigenvalue weighted by molar-refractivity contribution is 5.69. The maximum absolute atomic E-state index is 10.8. The number of aromatic nitrogens is 1. The van der Waals surface area contributed by atoms with E-state index in [1.54, 1.807) is 24.5 Å². The quantitative estimate of drug-likeness (QED) is 0.857. The van der Waals surface area contributed by atoms with Crippen molar-refractivity contribution in [3.8, 4) is 11.5 Å². The molecule has 0 spiro atoms. The largest absolute Gasteiger partial charge is 0.480 e. The van der Waals surface area contributed by atoms with Gasteiger partial charge in [-0.3, -0.25) is 9.69 Å². The van der Waals surface area contributed by atoms with Crippen LogP contribution in [0, 0.1) is 0 Å². The molecule has 0 atom stereocenters. The summed E-state index contributed by atoms with van der Waals surface area (Å²) in [5.74, 6) is 0.364. The molecule has 2 aromatic heterocycles. The summed E-state index contributed by atoms with van der Waals surface area (Å²) >= 11 is 0. The topological polar surface area (TPSA) is 79.7 Å². The molecule has 0 aliphatic heterocycles. The van der Waals surface area contributed by atoms with Gasteiger partial charge in [0.25, 0.3) is 0 Å². The Bertz CT molecular complexity index is 557. The Kier molecular flexibility index (Phi) is 3.08. The number of carbonyl (C=O) groups is 1. The normalized spacial score (nSPS) is 15.0. The predicted molar refractivity (Wildman–Crippen MR) is 65.3 cm³/mol. The van der Waals surface area contributed by atoms with Gasteiger partial charge in [-0.1, -0.05) is 5.16 Å². The fourth-order valence-corrected chi connectivity index (χ4v) is 2.06. The zero-order valence-corrected chi connectivity index (χ0v) is 10.3. The summed E-state index contributed by atoms with van der Waals surface area (Å²) in [6.07, 6.45) is 3.67. The van der Waals surface area contributed by atoms with Crippen LogP contribution >= 0.6 is 0 Å². The third kappa shape index (κ3) is 2.85. The van der Waals surface area contributed by atoms with Crippen LogP contribution in [0.2, 0.25) is 0 Å². The first-order valence-corrected chi connectivity index (χ1v) is 6.17. The molecule has 1 saturated carbocycles. The minimum Gasteiger partial charge on any atom is -0.480 e. The zero-order chi connectivity index (χ0) is 13.2. The lowest BCUT2D eigenvalue weighted by Crippen LogP contribution is -2.31. The molecule has 1 aliphatic carbocycles. The monoisotopic (exact) mass is 262 g/mol. The summed E-state index contributed by atoms with van der Waals surface area (Å²) in [4.78, 5) is 12.7. The van der Waals surface area contributed by atoms with Crippen LogP contribution < -0.4 is 0 Å². The lowest BCUT2D eigenvalue weighted by atomic mass is 10.3. The minimum atomic E-state index is -0.818. The average molecular weight is 262 g/mol. The van der Waals surface area contributed by atoms with Crippen molar-refractivity contribution in [2.45, 2.75) is 25.4 Å². The van der Waals surface area contributed by atoms with Crippen LogP contribution in [-0.4, -0.2) is 33.7 Å². The molecule has 1 fully saturated rings. The van der Waals surface area contributed by atoms with Gasteiger partial charge in [0.1, 0.15) is 0 Å². The number of hydrogen-bond acceptors (Lipinski definition) is 5. The first kappa shape index (κ1) is 12.0. The molecule has 1 N–H and O–H groups in total. The summed E-state index contributed by atoms with van der Waals surface area (Å²) in [5, 5.41) is 12.9. The van der Waals surface area contributed by atoms with Crippen molar-refractivity contribution >= 4 is 5.97 Å². The Morgan fingerprint density at radius 3 is 2.95 bits per heavy atom. The molecule has 0 unspecified atom stereocenters. The molecule has 2 aromatic rings. The number of carboxylic acids is 1. The molecule has 2 heterocycles. The van der Waals surface area contributed by atoms with Crippen LogP contribution in [-0.2, 0) is 11.3 Å². The summed E-state index contributed by atoms with van der Waals surface area (Å²) < 4.78 is 10.4. The number of rotatable bonds is 6. The van der Waals surface area contributed by atoms with Crippen LogP contribution in [0.4, 0.5) is 0 Å². The van der Waals surface area contributed by atoms with Gasteiger partial charge in [-0.05, 0) is 25.0 Å². The zero-order valence-electron chi connectivity index (χ0n) is 10.3. The lowest BCUT2D eigenvalue weighted by Gasteiger charge is -2.17. The van der Waals surface area contributed by atoms with Crippen LogP contribution in [0.1, 0.15) is 18.5 Å². The van der Waals surface area contributed by atoms with E-state index in [0.29, 0.717) is 24.1 Å². The van der Waals surface area contributed by atoms with Gasteiger partial charge in [-0.15, -0.1) is 0 Å². The smallest absolute Gasteiger partial charge is 0.317 e. The standard InChI is InChI=1S/C13H14N2O4/c16-13(17)8-15(10-3-4-10)7-9-6-12(19-14-9)11-2-1-5-18-11/h1-2,5-6,10H,3-4,7-8H2,(H,16,17). The van der Waals surface area contributed by atoms with Gasteiger partial charge in [0.05, 0.1) is 18.5 Å². The first-order valence-electron chi connectivity index (χ1n) is 6.17. The van der Waals surface area contributed by atoms with Crippen LogP contribution in [0.3, 0.4) is 0 Å². The molecule has 100 valence electrons. The van der Waals surface area contributed by atoms with Crippen molar-refractivity contribution in [2.75, 3.05) is 6.54 Å². The van der Waals surface area contributed by atoms with E-state index >= 15 is 0 Å². The highest BCUT2D eigenvalue weighted by atomic mass is 16.5. The first-order chi connectivity index (χ1) is 9.22. The molecule has 19 heavy (non-hydrogen) atoms. The van der Waals surface area contributed by atoms with E-state index in [2.05, 4.69) is 5.16 Å². The average Bonchev–Trinajstić information content (AvgIpc) is 2.89. The summed E-state index contributed by atoms with van der Waals surface area (Å²) in [6.45, 7) is 0.523. The van der Waals surface area contributed by atoms with Gasteiger partial charge in [0, 0.05) is 18.7 Å². The van der Waals surface area contributed by atoms with Crippen molar-refractivity contribution in [3.05, 3.63) is 30.2 Å². The van der Waals surface area contributed by atoms with Crippen molar-refractivity contribution in [1.29, 1.82) is 0 Å². The van der Waals surface area contributed by atoms with E-state index in [0.717, 1.165) is 18.5 Å². The number of nitrogens with zero attached hydrogens (tertiary/aromatic N) is 2. The second-order valence-corrected chi connectivity index (χ2v) is 4.69. The summed E-state index contributed by atoms with van der Waals surface area (Å²) in [7, 11) is 0. The Labute approximate surface area is 109 Å². The van der Waals surface area contributed by atoms with Gasteiger partial charge < -0.3 is 14.0 Å². The fraction of sp³-hybridized carbons (Fsp3) is 0.385. The molecular formula is C13H14N2O4. The maximum Gasteiger partial charge on any atom is 0.317 e. The molecular weight excluding hydrogens is 248 g/mol. The SMILES string of the molecule is O=C(O)CN(Cc1cc(-c2ccco2)on1)C1CC1. The second-order valence-electron chi connectivity index (χ2n) is 4.69. The van der Waals surface area contributed by atoms with E-state index in [1.165, 1.54) is 0 Å². The summed E-state index contributed by atoms with van der Waals surface area (Å²) in [5.41, 5.74) is 0.722. The van der Waals surface area contributed by atoms with Gasteiger partial charge >= 0.3 is 5.97 Å². The molecule has 0 amide bonds. The van der Waals surface area contributed by atoms with Crippen molar-refractivity contribution in [2.24, 2.45) is 0 Å². The Morgan fingerprint density at radius 2 is 2.32 bits per heavy atom. The van der Waals surface area contributed by atoms with Gasteiger partial charge in [-0.25, -0.2) is 0 Å². The molecule has 0 aromatic carbocycles. The van der Waals surface area contributed by atoms with E-state index in [-0.39, 0.29) is 6.54 Å². The Morgan fingerprint density at radius 1 is 1.47 bits per heavy atom. The van der Waals surface area contributed by atoms with Crippen LogP contribution in [0.25, 0.3) is 11.5 Å². The van der Waals surface area contributed by atoms with Crippen molar-refractivity contribution in [3.63, 3.8) is 0 Å². The van der Waals surface area contributed by atoms with Crippen LogP contribution in [0.5, 0.6) is 0 Å². The third-order valence-corrected chi connectivity index (χ3v) is 3.09. The molecule has 1 aliphatic rings. The van der Waals surface area contributed by atoms with E-state index in [4.69, 9.17) is 14.0 Å². The second kappa shape index (κ2) is 4.89. The van der Waals surface area contributed by atoms with Crippen molar-refractivity contribution < 1.29 is 18.8 Å². The van der Waals surface area contributed by atoms with Crippen molar-refractivity contribution in [1.82, 2.24) is 10.1 Å².